The van der Waals surface area contributed by atoms with Crippen molar-refractivity contribution in [3.8, 4) is 11.5 Å². The van der Waals surface area contributed by atoms with E-state index < -0.39 is 17.6 Å². The van der Waals surface area contributed by atoms with E-state index in [0.29, 0.717) is 18.8 Å². The topological polar surface area (TPSA) is 106 Å². The minimum atomic E-state index is -0.733. The molecule has 1 unspecified atom stereocenters. The van der Waals surface area contributed by atoms with Crippen molar-refractivity contribution in [2.45, 2.75) is 51.9 Å². The van der Waals surface area contributed by atoms with Crippen LogP contribution in [0.5, 0.6) is 11.5 Å². The quantitative estimate of drug-likeness (QED) is 0.367. The minimum absolute atomic E-state index is 0.0954. The van der Waals surface area contributed by atoms with Gasteiger partial charge in [-0.05, 0) is 70.2 Å². The highest BCUT2D eigenvalue weighted by Crippen LogP contribution is 2.34. The lowest BCUT2D eigenvalue weighted by molar-refractivity contribution is -0.142. The normalized spacial score (nSPS) is 11.9. The van der Waals surface area contributed by atoms with E-state index in [4.69, 9.17) is 14.3 Å². The highest BCUT2D eigenvalue weighted by Gasteiger charge is 2.27. The number of hydrogen-bond acceptors (Lipinski definition) is 8. The van der Waals surface area contributed by atoms with Crippen molar-refractivity contribution in [3.63, 3.8) is 0 Å². The van der Waals surface area contributed by atoms with E-state index >= 15 is 0 Å². The van der Waals surface area contributed by atoms with E-state index in [2.05, 4.69) is 0 Å². The van der Waals surface area contributed by atoms with Crippen molar-refractivity contribution in [3.05, 3.63) is 48.0 Å². The van der Waals surface area contributed by atoms with Crippen LogP contribution in [0.25, 0.3) is 0 Å². The third-order valence-corrected chi connectivity index (χ3v) is 5.80. The summed E-state index contributed by atoms with van der Waals surface area (Å²) in [5.41, 5.74) is 0.624. The van der Waals surface area contributed by atoms with Crippen LogP contribution in [0.4, 0.5) is 16.2 Å². The minimum Gasteiger partial charge on any atom is -0.508 e. The summed E-state index contributed by atoms with van der Waals surface area (Å²) >= 11 is 1.42. The number of hydroxylamine groups is 1. The van der Waals surface area contributed by atoms with Crippen LogP contribution in [0.1, 0.15) is 40.2 Å². The molecule has 0 saturated heterocycles. The molecule has 2 aromatic carbocycles. The molecule has 0 aromatic heterocycles. The predicted molar refractivity (Wildman–Crippen MR) is 141 cm³/mol. The first-order valence-electron chi connectivity index (χ1n) is 11.4. The van der Waals surface area contributed by atoms with E-state index in [1.165, 1.54) is 48.8 Å². The maximum Gasteiger partial charge on any atom is 0.414 e. The largest absolute Gasteiger partial charge is 0.508 e. The molecule has 0 aliphatic heterocycles. The summed E-state index contributed by atoms with van der Waals surface area (Å²) in [6.45, 7) is 8.64. The number of rotatable bonds is 9. The van der Waals surface area contributed by atoms with Crippen LogP contribution in [0.3, 0.4) is 0 Å². The molecule has 196 valence electrons. The fraction of sp³-hybridized carbons (Fsp3) is 0.423. The summed E-state index contributed by atoms with van der Waals surface area (Å²) in [5, 5.41) is 10.8. The zero-order chi connectivity index (χ0) is 27.0. The van der Waals surface area contributed by atoms with Crippen LogP contribution < -0.4 is 14.8 Å². The lowest BCUT2D eigenvalue weighted by atomic mass is 10.1. The summed E-state index contributed by atoms with van der Waals surface area (Å²) in [5.74, 6) is -0.442. The number of thioether (sulfide) groups is 1. The molecule has 2 aromatic rings. The van der Waals surface area contributed by atoms with E-state index in [9.17, 15) is 19.5 Å². The molecule has 0 fully saturated rings. The number of esters is 1. The third kappa shape index (κ3) is 8.08. The Morgan fingerprint density at radius 2 is 1.69 bits per heavy atom. The lowest BCUT2D eigenvalue weighted by Crippen LogP contribution is -2.37. The fourth-order valence-corrected chi connectivity index (χ4v) is 3.79. The van der Waals surface area contributed by atoms with Gasteiger partial charge in [0.1, 0.15) is 22.3 Å². The molecule has 10 heteroatoms. The molecule has 0 aliphatic rings. The molecular formula is C26H34N2O7S. The van der Waals surface area contributed by atoms with Crippen LogP contribution in [0.2, 0.25) is 0 Å². The molecule has 2 rings (SSSR count). The number of hydrogen-bond donors (Lipinski definition) is 1. The number of nitrogens with zero attached hydrogens (tertiary/aromatic N) is 2. The molecule has 1 N–H and O–H groups in total. The van der Waals surface area contributed by atoms with Crippen molar-refractivity contribution < 1.29 is 33.8 Å². The first-order valence-corrected chi connectivity index (χ1v) is 12.7. The van der Waals surface area contributed by atoms with Gasteiger partial charge in [0.15, 0.2) is 5.75 Å². The maximum atomic E-state index is 12.7. The smallest absolute Gasteiger partial charge is 0.414 e. The first kappa shape index (κ1) is 28.8. The average molecular weight is 519 g/mol. The number of phenolic OH excluding ortho intramolecular Hbond substituents is 1. The molecule has 9 nitrogen and oxygen atoms in total. The Hall–Kier alpha value is -3.40. The van der Waals surface area contributed by atoms with Gasteiger partial charge in [0.05, 0.1) is 12.3 Å². The van der Waals surface area contributed by atoms with Gasteiger partial charge >= 0.3 is 12.1 Å². The Morgan fingerprint density at radius 1 is 1.06 bits per heavy atom. The van der Waals surface area contributed by atoms with Gasteiger partial charge in [0.2, 0.25) is 0 Å². The first-order chi connectivity index (χ1) is 16.9. The highest BCUT2D eigenvalue weighted by molar-refractivity contribution is 7.99. The number of phenols is 1. The van der Waals surface area contributed by atoms with Gasteiger partial charge in [-0.3, -0.25) is 14.5 Å². The number of benzene rings is 2. The Labute approximate surface area is 216 Å². The Morgan fingerprint density at radius 3 is 2.22 bits per heavy atom. The van der Waals surface area contributed by atoms with Crippen molar-refractivity contribution in [1.29, 1.82) is 0 Å². The number of carbonyl (C=O) groups excluding carboxylic acids is 3. The number of carbonyl (C=O) groups is 3. The third-order valence-electron chi connectivity index (χ3n) is 4.87. The van der Waals surface area contributed by atoms with E-state index in [-0.39, 0.29) is 28.3 Å². The van der Waals surface area contributed by atoms with E-state index in [1.807, 2.05) is 6.26 Å². The molecule has 36 heavy (non-hydrogen) atoms. The van der Waals surface area contributed by atoms with Crippen LogP contribution in [0.15, 0.2) is 42.5 Å². The van der Waals surface area contributed by atoms with Crippen LogP contribution >= 0.6 is 11.8 Å². The van der Waals surface area contributed by atoms with Crippen molar-refractivity contribution in [2.24, 2.45) is 0 Å². The second-order valence-corrected chi connectivity index (χ2v) is 9.98. The summed E-state index contributed by atoms with van der Waals surface area (Å²) in [4.78, 5) is 44.4. The molecule has 0 spiro atoms. The van der Waals surface area contributed by atoms with Crippen LogP contribution in [0, 0.1) is 0 Å². The predicted octanol–water partition coefficient (Wildman–Crippen LogP) is 4.95. The Balaban J connectivity index is 2.29. The van der Waals surface area contributed by atoms with E-state index in [1.54, 1.807) is 52.0 Å². The molecule has 0 aliphatic carbocycles. The number of aromatic hydroxyl groups is 1. The molecule has 0 radical (unpaired) electrons. The van der Waals surface area contributed by atoms with Gasteiger partial charge < -0.3 is 19.4 Å². The molecule has 1 atom stereocenters. The zero-order valence-electron chi connectivity index (χ0n) is 21.7. The number of ether oxygens (including phenoxy) is 2. The Kier molecular flexibility index (Phi) is 10.0. The van der Waals surface area contributed by atoms with Crippen LogP contribution in [-0.2, 0) is 25.5 Å². The molecule has 2 amide bonds. The van der Waals surface area contributed by atoms with Crippen LogP contribution in [-0.4, -0.2) is 53.8 Å². The molecular weight excluding hydrogens is 484 g/mol. The lowest BCUT2D eigenvalue weighted by Gasteiger charge is -2.29. The Bertz CT molecular complexity index is 1070. The van der Waals surface area contributed by atoms with Gasteiger partial charge in [-0.2, -0.15) is 0 Å². The SMILES string of the molecule is CCOC(=O)C(Cc1ccc(ON(C(C)=O)c2ccc(O)cc2N(C)C(=O)OC(C)(C)C)cc1)SC. The van der Waals surface area contributed by atoms with Gasteiger partial charge in [0, 0.05) is 20.0 Å². The second-order valence-electron chi connectivity index (χ2n) is 8.94. The average Bonchev–Trinajstić information content (AvgIpc) is 2.80. The second kappa shape index (κ2) is 12.5. The van der Waals surface area contributed by atoms with Gasteiger partial charge in [0.25, 0.3) is 5.91 Å². The number of anilines is 2. The van der Waals surface area contributed by atoms with Crippen molar-refractivity contribution in [1.82, 2.24) is 0 Å². The van der Waals surface area contributed by atoms with Gasteiger partial charge in [-0.15, -0.1) is 16.8 Å². The maximum absolute atomic E-state index is 12.7. The van der Waals surface area contributed by atoms with Crippen molar-refractivity contribution in [2.75, 3.05) is 29.9 Å². The fourth-order valence-electron chi connectivity index (χ4n) is 3.17. The highest BCUT2D eigenvalue weighted by atomic mass is 32.2. The molecule has 0 saturated carbocycles. The monoisotopic (exact) mass is 518 g/mol. The van der Waals surface area contributed by atoms with Gasteiger partial charge in [-0.25, -0.2) is 4.79 Å². The number of amides is 2. The zero-order valence-corrected chi connectivity index (χ0v) is 22.5. The summed E-state index contributed by atoms with van der Waals surface area (Å²) in [6.07, 6.45) is 1.68. The summed E-state index contributed by atoms with van der Waals surface area (Å²) < 4.78 is 10.5. The standard InChI is InChI=1S/C26H34N2O7S/c1-8-33-24(31)23(36-7)15-18-9-12-20(13-10-18)35-28(17(2)29)21-14-11-19(30)16-22(21)27(6)25(32)34-26(3,4)5/h9-14,16,23,30H,8,15H2,1-7H3. The summed E-state index contributed by atoms with van der Waals surface area (Å²) in [6, 6.07) is 11.2. The van der Waals surface area contributed by atoms with E-state index in [0.717, 1.165) is 10.6 Å². The molecule has 0 heterocycles. The molecule has 0 bridgehead atoms. The van der Waals surface area contributed by atoms with Crippen molar-refractivity contribution >= 4 is 41.1 Å². The van der Waals surface area contributed by atoms with Gasteiger partial charge in [-0.1, -0.05) is 12.1 Å². The summed E-state index contributed by atoms with van der Waals surface area (Å²) in [7, 11) is 1.48.